The van der Waals surface area contributed by atoms with Crippen molar-refractivity contribution in [1.29, 1.82) is 0 Å². The molecule has 0 bridgehead atoms. The third-order valence-electron chi connectivity index (χ3n) is 2.21. The van der Waals surface area contributed by atoms with Crippen molar-refractivity contribution >= 4 is 24.0 Å². The molecular formula is C12H12S2. The predicted octanol–water partition coefficient (Wildman–Crippen LogP) is 4.08. The molecule has 1 atom stereocenters. The second-order valence-electron chi connectivity index (χ2n) is 3.33. The van der Waals surface area contributed by atoms with Gasteiger partial charge in [-0.05, 0) is 23.9 Å². The molecule has 0 nitrogen and oxygen atoms in total. The summed E-state index contributed by atoms with van der Waals surface area (Å²) in [6.45, 7) is 2.10. The Morgan fingerprint density at radius 3 is 2.43 bits per heavy atom. The van der Waals surface area contributed by atoms with Crippen LogP contribution < -0.4 is 0 Å². The first-order valence-corrected chi connectivity index (χ1v) is 5.95. The molecule has 2 rings (SSSR count). The molecule has 0 amide bonds. The third kappa shape index (κ3) is 2.02. The Morgan fingerprint density at radius 1 is 1.14 bits per heavy atom. The molecule has 2 aromatic rings. The van der Waals surface area contributed by atoms with E-state index in [-0.39, 0.29) is 5.25 Å². The maximum Gasteiger partial charge on any atom is 0.0610 e. The average Bonchev–Trinajstić information content (AvgIpc) is 2.71. The number of thiol groups is 1. The van der Waals surface area contributed by atoms with E-state index in [0.717, 1.165) is 0 Å². The summed E-state index contributed by atoms with van der Waals surface area (Å²) in [7, 11) is 0. The SMILES string of the molecule is Cc1ccc(C(S)c2cccs2)cc1. The van der Waals surface area contributed by atoms with Gasteiger partial charge in [0.25, 0.3) is 0 Å². The molecule has 0 aliphatic rings. The number of hydrogen-bond donors (Lipinski definition) is 1. The summed E-state index contributed by atoms with van der Waals surface area (Å²) in [5.41, 5.74) is 2.56. The van der Waals surface area contributed by atoms with E-state index < -0.39 is 0 Å². The molecule has 0 radical (unpaired) electrons. The van der Waals surface area contributed by atoms with Gasteiger partial charge in [-0.25, -0.2) is 0 Å². The van der Waals surface area contributed by atoms with Crippen LogP contribution in [0, 0.1) is 6.92 Å². The van der Waals surface area contributed by atoms with Crippen LogP contribution in [0.25, 0.3) is 0 Å². The monoisotopic (exact) mass is 220 g/mol. The second-order valence-corrected chi connectivity index (χ2v) is 4.82. The van der Waals surface area contributed by atoms with Crippen LogP contribution in [0.1, 0.15) is 21.3 Å². The van der Waals surface area contributed by atoms with Gasteiger partial charge in [-0.15, -0.1) is 11.3 Å². The van der Waals surface area contributed by atoms with Crippen molar-refractivity contribution in [2.75, 3.05) is 0 Å². The maximum atomic E-state index is 4.62. The Kier molecular flexibility index (Phi) is 2.94. The van der Waals surface area contributed by atoms with Crippen LogP contribution in [0.5, 0.6) is 0 Å². The molecule has 1 aromatic heterocycles. The highest BCUT2D eigenvalue weighted by molar-refractivity contribution is 7.81. The van der Waals surface area contributed by atoms with Crippen molar-refractivity contribution in [3.05, 3.63) is 57.8 Å². The van der Waals surface area contributed by atoms with Gasteiger partial charge in [0.1, 0.15) is 0 Å². The van der Waals surface area contributed by atoms with Crippen LogP contribution in [0.2, 0.25) is 0 Å². The lowest BCUT2D eigenvalue weighted by Crippen LogP contribution is -1.89. The van der Waals surface area contributed by atoms with E-state index in [1.807, 2.05) is 0 Å². The van der Waals surface area contributed by atoms with Crippen LogP contribution in [-0.4, -0.2) is 0 Å². The molecule has 1 aromatic carbocycles. The summed E-state index contributed by atoms with van der Waals surface area (Å²) < 4.78 is 0. The van der Waals surface area contributed by atoms with Gasteiger partial charge in [0.05, 0.1) is 5.25 Å². The normalized spacial score (nSPS) is 12.7. The zero-order valence-corrected chi connectivity index (χ0v) is 9.69. The zero-order chi connectivity index (χ0) is 9.97. The lowest BCUT2D eigenvalue weighted by atomic mass is 10.1. The number of thiophene rings is 1. The topological polar surface area (TPSA) is 0 Å². The summed E-state index contributed by atoms with van der Waals surface area (Å²) in [5, 5.41) is 2.31. The van der Waals surface area contributed by atoms with Gasteiger partial charge < -0.3 is 0 Å². The summed E-state index contributed by atoms with van der Waals surface area (Å²) in [6, 6.07) is 12.7. The van der Waals surface area contributed by atoms with E-state index in [0.29, 0.717) is 0 Å². The van der Waals surface area contributed by atoms with E-state index in [1.54, 1.807) is 11.3 Å². The number of rotatable bonds is 2. The molecule has 0 spiro atoms. The van der Waals surface area contributed by atoms with Crippen molar-refractivity contribution in [1.82, 2.24) is 0 Å². The van der Waals surface area contributed by atoms with E-state index >= 15 is 0 Å². The smallest absolute Gasteiger partial charge is 0.0610 e. The minimum absolute atomic E-state index is 0.218. The fourth-order valence-corrected chi connectivity index (χ4v) is 2.54. The fourth-order valence-electron chi connectivity index (χ4n) is 1.36. The van der Waals surface area contributed by atoms with Gasteiger partial charge in [-0.2, -0.15) is 12.6 Å². The van der Waals surface area contributed by atoms with Gasteiger partial charge >= 0.3 is 0 Å². The van der Waals surface area contributed by atoms with Crippen molar-refractivity contribution in [2.45, 2.75) is 12.2 Å². The highest BCUT2D eigenvalue weighted by atomic mass is 32.1. The van der Waals surface area contributed by atoms with Gasteiger partial charge in [0.2, 0.25) is 0 Å². The lowest BCUT2D eigenvalue weighted by Gasteiger charge is -2.08. The Morgan fingerprint density at radius 2 is 1.86 bits per heavy atom. The zero-order valence-electron chi connectivity index (χ0n) is 7.97. The van der Waals surface area contributed by atoms with Crippen molar-refractivity contribution < 1.29 is 0 Å². The molecule has 0 aliphatic carbocycles. The van der Waals surface area contributed by atoms with Gasteiger partial charge in [-0.3, -0.25) is 0 Å². The summed E-state index contributed by atoms with van der Waals surface area (Å²) in [4.78, 5) is 1.30. The molecule has 0 saturated carbocycles. The van der Waals surface area contributed by atoms with Gasteiger partial charge in [0, 0.05) is 4.88 Å². The largest absolute Gasteiger partial charge is 0.165 e. The summed E-state index contributed by atoms with van der Waals surface area (Å²) >= 11 is 6.37. The summed E-state index contributed by atoms with van der Waals surface area (Å²) in [5.74, 6) is 0. The number of aryl methyl sites for hydroxylation is 1. The number of hydrogen-bond acceptors (Lipinski definition) is 2. The van der Waals surface area contributed by atoms with Crippen LogP contribution in [0.3, 0.4) is 0 Å². The molecule has 1 unspecified atom stereocenters. The van der Waals surface area contributed by atoms with Gasteiger partial charge in [0.15, 0.2) is 0 Å². The minimum Gasteiger partial charge on any atom is -0.165 e. The standard InChI is InChI=1S/C12H12S2/c1-9-4-6-10(7-5-9)12(13)11-3-2-8-14-11/h2-8,12-13H,1H3. The molecule has 2 heteroatoms. The van der Waals surface area contributed by atoms with Crippen molar-refractivity contribution in [3.8, 4) is 0 Å². The molecule has 72 valence electrons. The van der Waals surface area contributed by atoms with E-state index in [2.05, 4.69) is 61.3 Å². The Balaban J connectivity index is 2.28. The first kappa shape index (κ1) is 9.81. The molecule has 0 fully saturated rings. The van der Waals surface area contributed by atoms with Gasteiger partial charge in [-0.1, -0.05) is 35.9 Å². The Hall–Kier alpha value is -0.730. The van der Waals surface area contributed by atoms with Crippen LogP contribution in [0.4, 0.5) is 0 Å². The van der Waals surface area contributed by atoms with E-state index in [1.165, 1.54) is 16.0 Å². The average molecular weight is 220 g/mol. The Labute approximate surface area is 94.0 Å². The maximum absolute atomic E-state index is 4.62. The first-order chi connectivity index (χ1) is 6.77. The number of benzene rings is 1. The second kappa shape index (κ2) is 4.20. The predicted molar refractivity (Wildman–Crippen MR) is 66.3 cm³/mol. The minimum atomic E-state index is 0.218. The molecule has 14 heavy (non-hydrogen) atoms. The summed E-state index contributed by atoms with van der Waals surface area (Å²) in [6.07, 6.45) is 0. The first-order valence-electron chi connectivity index (χ1n) is 4.55. The highest BCUT2D eigenvalue weighted by Gasteiger charge is 2.09. The lowest BCUT2D eigenvalue weighted by molar-refractivity contribution is 1.20. The van der Waals surface area contributed by atoms with Crippen molar-refractivity contribution in [2.24, 2.45) is 0 Å². The highest BCUT2D eigenvalue weighted by Crippen LogP contribution is 2.31. The van der Waals surface area contributed by atoms with Crippen LogP contribution in [0.15, 0.2) is 41.8 Å². The fraction of sp³-hybridized carbons (Fsp3) is 0.167. The molecular weight excluding hydrogens is 208 g/mol. The molecule has 0 saturated heterocycles. The van der Waals surface area contributed by atoms with E-state index in [9.17, 15) is 0 Å². The van der Waals surface area contributed by atoms with Crippen LogP contribution >= 0.6 is 24.0 Å². The van der Waals surface area contributed by atoms with Crippen LogP contribution in [-0.2, 0) is 0 Å². The third-order valence-corrected chi connectivity index (χ3v) is 3.89. The Bertz CT molecular complexity index is 387. The molecule has 0 N–H and O–H groups in total. The van der Waals surface area contributed by atoms with Crippen molar-refractivity contribution in [3.63, 3.8) is 0 Å². The molecule has 0 aliphatic heterocycles. The van der Waals surface area contributed by atoms with E-state index in [4.69, 9.17) is 0 Å². The quantitative estimate of drug-likeness (QED) is 0.724. The molecule has 1 heterocycles.